The average molecular weight is 608 g/mol. The molecule has 1 saturated heterocycles. The van der Waals surface area contributed by atoms with Crippen molar-refractivity contribution >= 4 is 30.0 Å². The first-order valence-electron chi connectivity index (χ1n) is 14.8. The van der Waals surface area contributed by atoms with Crippen molar-refractivity contribution in [1.82, 2.24) is 0 Å². The van der Waals surface area contributed by atoms with Crippen molar-refractivity contribution in [2.45, 2.75) is 91.5 Å². The molecule has 1 aliphatic heterocycles. The van der Waals surface area contributed by atoms with Crippen LogP contribution in [-0.2, 0) is 11.2 Å². The van der Waals surface area contributed by atoms with E-state index >= 15 is 0 Å². The second kappa shape index (κ2) is 13.4. The van der Waals surface area contributed by atoms with Gasteiger partial charge in [-0.05, 0) is 0 Å². The van der Waals surface area contributed by atoms with E-state index in [1.807, 2.05) is 12.1 Å². The van der Waals surface area contributed by atoms with Gasteiger partial charge in [0.05, 0.1) is 0 Å². The van der Waals surface area contributed by atoms with Gasteiger partial charge in [-0.15, -0.1) is 0 Å². The van der Waals surface area contributed by atoms with Crippen molar-refractivity contribution in [2.24, 2.45) is 11.8 Å². The molecular formula is C33H47NO2Sn. The number of hydrogen-bond donors (Lipinski definition) is 0. The average Bonchev–Trinajstić information content (AvgIpc) is 3.23. The van der Waals surface area contributed by atoms with E-state index in [2.05, 4.69) is 72.2 Å². The van der Waals surface area contributed by atoms with Crippen molar-refractivity contribution in [2.75, 3.05) is 12.0 Å². The molecule has 1 saturated carbocycles. The van der Waals surface area contributed by atoms with Crippen molar-refractivity contribution in [3.8, 4) is 5.75 Å². The van der Waals surface area contributed by atoms with Gasteiger partial charge in [0.15, 0.2) is 0 Å². The Labute approximate surface area is 229 Å². The fourth-order valence-corrected chi connectivity index (χ4v) is 22.4. The van der Waals surface area contributed by atoms with E-state index in [1.54, 1.807) is 12.7 Å². The number of hydrogen-bond acceptors (Lipinski definition) is 2. The third-order valence-electron chi connectivity index (χ3n) is 8.83. The van der Waals surface area contributed by atoms with Gasteiger partial charge in [-0.1, -0.05) is 0 Å². The number of ether oxygens (including phenoxy) is 1. The first-order chi connectivity index (χ1) is 18.1. The molecule has 3 nitrogen and oxygen atoms in total. The van der Waals surface area contributed by atoms with Gasteiger partial charge in [-0.2, -0.15) is 0 Å². The minimum absolute atomic E-state index is 0.148. The summed E-state index contributed by atoms with van der Waals surface area (Å²) in [6.45, 7) is 7.05. The van der Waals surface area contributed by atoms with Crippen LogP contribution in [0.15, 0.2) is 64.3 Å². The molecular weight excluding hydrogens is 561 g/mol. The molecule has 2 aromatic carbocycles. The standard InChI is InChI=1S/C21H20NO2.3C4H9.Sn/c1-14-12-19-20(18(14)13-15-6-4-3-5-7-15)22(21(19)23)16-8-10-17(24-2)11-9-16;3*1-3-4-2;/h1,3-11,18-20H,12-13H2,2H3;3*1,3-4H2,2H3;/t18-,19-,20+;;;;/m0..../s1. The van der Waals surface area contributed by atoms with E-state index in [0.29, 0.717) is 11.8 Å². The summed E-state index contributed by atoms with van der Waals surface area (Å²) in [6, 6.07) is 19.3. The number of benzene rings is 2. The first kappa shape index (κ1) is 28.3. The molecule has 200 valence electrons. The number of anilines is 1. The van der Waals surface area contributed by atoms with E-state index in [1.165, 1.54) is 57.4 Å². The van der Waals surface area contributed by atoms with Crippen LogP contribution in [-0.4, -0.2) is 37.4 Å². The predicted octanol–water partition coefficient (Wildman–Crippen LogP) is 8.60. The molecule has 4 rings (SSSR count). The van der Waals surface area contributed by atoms with Crippen LogP contribution in [0.5, 0.6) is 5.75 Å². The van der Waals surface area contributed by atoms with Gasteiger partial charge in [-0.3, -0.25) is 0 Å². The zero-order valence-corrected chi connectivity index (χ0v) is 26.4. The summed E-state index contributed by atoms with van der Waals surface area (Å²) in [5.74, 6) is 1.72. The zero-order chi connectivity index (χ0) is 26.3. The molecule has 37 heavy (non-hydrogen) atoms. The van der Waals surface area contributed by atoms with Crippen molar-refractivity contribution in [1.29, 1.82) is 0 Å². The zero-order valence-electron chi connectivity index (χ0n) is 23.5. The van der Waals surface area contributed by atoms with Gasteiger partial charge >= 0.3 is 230 Å². The Morgan fingerprint density at radius 2 is 1.49 bits per heavy atom. The summed E-state index contributed by atoms with van der Waals surface area (Å²) in [7, 11) is 1.69. The van der Waals surface area contributed by atoms with Crippen LogP contribution in [0.4, 0.5) is 5.69 Å². The van der Waals surface area contributed by atoms with Crippen LogP contribution >= 0.6 is 0 Å². The second-order valence-electron chi connectivity index (χ2n) is 11.4. The predicted molar refractivity (Wildman–Crippen MR) is 159 cm³/mol. The van der Waals surface area contributed by atoms with Gasteiger partial charge in [0.2, 0.25) is 0 Å². The number of carbonyl (C=O) groups is 1. The summed E-state index contributed by atoms with van der Waals surface area (Å²) < 4.78 is 12.8. The van der Waals surface area contributed by atoms with E-state index in [0.717, 1.165) is 24.3 Å². The van der Waals surface area contributed by atoms with Crippen LogP contribution in [0, 0.1) is 11.8 Å². The Kier molecular flexibility index (Phi) is 10.2. The number of β-lactam (4-membered cyclic amide) rings is 1. The molecule has 3 atom stereocenters. The quantitative estimate of drug-likeness (QED) is 0.159. The normalized spacial score (nSPS) is 22.3. The molecule has 0 radical (unpaired) electrons. The van der Waals surface area contributed by atoms with E-state index in [4.69, 9.17) is 4.74 Å². The van der Waals surface area contributed by atoms with Crippen LogP contribution in [0.1, 0.15) is 71.3 Å². The van der Waals surface area contributed by atoms with Crippen LogP contribution in [0.25, 0.3) is 0 Å². The minimum atomic E-state index is -2.49. The SMILES string of the molecule is CCC[CH2][Sn](/[CH]=C1\C[C@@H]2C(=O)N(c3ccc(OC)cc3)[C@@H]2[C@H]1Cc1ccccc1)([CH2]CCC)[CH2]CCC. The Balaban J connectivity index is 1.71. The van der Waals surface area contributed by atoms with Gasteiger partial charge in [0, 0.05) is 0 Å². The summed E-state index contributed by atoms with van der Waals surface area (Å²) in [5, 5.41) is 0. The molecule has 0 N–H and O–H groups in total. The Bertz CT molecular complexity index is 1010. The van der Waals surface area contributed by atoms with Gasteiger partial charge in [0.1, 0.15) is 0 Å². The van der Waals surface area contributed by atoms with Crippen molar-refractivity contribution in [3.63, 3.8) is 0 Å². The summed E-state index contributed by atoms with van der Waals surface area (Å²) in [5.41, 5.74) is 4.05. The molecule has 1 aliphatic carbocycles. The fourth-order valence-electron chi connectivity index (χ4n) is 6.76. The number of fused-ring (bicyclic) bond motifs is 1. The maximum atomic E-state index is 13.5. The number of carbonyl (C=O) groups excluding carboxylic acids is 1. The molecule has 2 fully saturated rings. The molecule has 0 unspecified atom stereocenters. The van der Waals surface area contributed by atoms with E-state index < -0.39 is 18.4 Å². The second-order valence-corrected chi connectivity index (χ2v) is 24.3. The van der Waals surface area contributed by atoms with E-state index in [9.17, 15) is 4.79 Å². The van der Waals surface area contributed by atoms with Gasteiger partial charge in [-0.25, -0.2) is 0 Å². The van der Waals surface area contributed by atoms with Crippen molar-refractivity contribution < 1.29 is 9.53 Å². The summed E-state index contributed by atoms with van der Waals surface area (Å²) in [4.78, 5) is 15.6. The molecule has 1 heterocycles. The third kappa shape index (κ3) is 6.46. The molecule has 2 aliphatic rings. The number of amides is 1. The molecule has 1 amide bonds. The van der Waals surface area contributed by atoms with Crippen LogP contribution in [0.2, 0.25) is 13.3 Å². The maximum absolute atomic E-state index is 13.5. The van der Waals surface area contributed by atoms with E-state index in [-0.39, 0.29) is 12.0 Å². The molecule has 0 aromatic heterocycles. The molecule has 2 aromatic rings. The summed E-state index contributed by atoms with van der Waals surface area (Å²) >= 11 is -2.49. The van der Waals surface area contributed by atoms with Crippen LogP contribution < -0.4 is 9.64 Å². The number of methoxy groups -OCH3 is 1. The Hall–Kier alpha value is -1.75. The molecule has 4 heteroatoms. The fraction of sp³-hybridized carbons (Fsp3) is 0.545. The molecule has 0 spiro atoms. The van der Waals surface area contributed by atoms with Gasteiger partial charge in [0.25, 0.3) is 0 Å². The number of rotatable bonds is 14. The Morgan fingerprint density at radius 3 is 2.03 bits per heavy atom. The van der Waals surface area contributed by atoms with Gasteiger partial charge < -0.3 is 0 Å². The molecule has 0 bridgehead atoms. The topological polar surface area (TPSA) is 29.5 Å². The van der Waals surface area contributed by atoms with Crippen molar-refractivity contribution in [3.05, 3.63) is 69.8 Å². The third-order valence-corrected chi connectivity index (χ3v) is 23.2. The monoisotopic (exact) mass is 609 g/mol. The summed E-state index contributed by atoms with van der Waals surface area (Å²) in [6.07, 6.45) is 10.0. The number of nitrogens with zero attached hydrogens (tertiary/aromatic N) is 1. The van der Waals surface area contributed by atoms with Crippen LogP contribution in [0.3, 0.4) is 0 Å². The number of unbranched alkanes of at least 4 members (excludes halogenated alkanes) is 3. The Morgan fingerprint density at radius 1 is 0.892 bits per heavy atom. The first-order valence-corrected chi connectivity index (χ1v) is 22.5.